The fraction of sp³-hybridized carbons (Fsp3) is 0.333. The Morgan fingerprint density at radius 2 is 1.86 bits per heavy atom. The average molecular weight is 599 g/mol. The Morgan fingerprint density at radius 1 is 1.17 bits per heavy atom. The molecule has 1 unspecified atom stereocenters. The smallest absolute Gasteiger partial charge is 0.344 e. The van der Waals surface area contributed by atoms with Crippen molar-refractivity contribution in [3.8, 4) is 11.5 Å². The molecule has 2 amide bonds. The molecule has 2 N–H and O–H groups in total. The van der Waals surface area contributed by atoms with Crippen molar-refractivity contribution in [1.82, 2.24) is 10.7 Å². The van der Waals surface area contributed by atoms with E-state index in [4.69, 9.17) is 14.2 Å². The van der Waals surface area contributed by atoms with Crippen molar-refractivity contribution in [3.05, 3.63) is 56.9 Å². The first-order chi connectivity index (χ1) is 16.7. The first kappa shape index (κ1) is 28.0. The molecule has 11 heteroatoms. The molecule has 0 saturated heterocycles. The molecule has 2 aromatic carbocycles. The lowest BCUT2D eigenvalue weighted by Gasteiger charge is -2.20. The van der Waals surface area contributed by atoms with Crippen molar-refractivity contribution in [2.45, 2.75) is 26.8 Å². The van der Waals surface area contributed by atoms with E-state index < -0.39 is 29.6 Å². The third kappa shape index (κ3) is 8.50. The van der Waals surface area contributed by atoms with Crippen LogP contribution in [0.5, 0.6) is 11.5 Å². The van der Waals surface area contributed by atoms with Gasteiger partial charge < -0.3 is 19.5 Å². The van der Waals surface area contributed by atoms with Crippen LogP contribution in [0.2, 0.25) is 0 Å². The quantitative estimate of drug-likeness (QED) is 0.177. The van der Waals surface area contributed by atoms with Crippen LogP contribution in [0.1, 0.15) is 36.7 Å². The highest BCUT2D eigenvalue weighted by atomic mass is 127. The van der Waals surface area contributed by atoms with Crippen LogP contribution in [0, 0.1) is 15.3 Å². The van der Waals surface area contributed by atoms with Gasteiger partial charge in [0.15, 0.2) is 18.1 Å². The van der Waals surface area contributed by atoms with E-state index in [0.29, 0.717) is 20.6 Å². The summed E-state index contributed by atoms with van der Waals surface area (Å²) in [5, 5.41) is 6.63. The number of halogens is 2. The molecule has 35 heavy (non-hydrogen) atoms. The van der Waals surface area contributed by atoms with Crippen molar-refractivity contribution in [2.75, 3.05) is 20.3 Å². The molecule has 0 saturated carbocycles. The number of benzene rings is 2. The van der Waals surface area contributed by atoms with Crippen molar-refractivity contribution in [1.29, 1.82) is 0 Å². The second kappa shape index (κ2) is 13.6. The number of rotatable bonds is 11. The zero-order valence-electron chi connectivity index (χ0n) is 19.8. The highest BCUT2D eigenvalue weighted by Crippen LogP contribution is 2.33. The van der Waals surface area contributed by atoms with E-state index in [1.54, 1.807) is 32.9 Å². The molecular formula is C24H27FIN3O6. The van der Waals surface area contributed by atoms with Crippen LogP contribution in [0.4, 0.5) is 4.39 Å². The Kier molecular flexibility index (Phi) is 10.9. The minimum absolute atomic E-state index is 0.230. The third-order valence-electron chi connectivity index (χ3n) is 4.62. The summed E-state index contributed by atoms with van der Waals surface area (Å²) in [5.41, 5.74) is 3.26. The molecule has 0 heterocycles. The van der Waals surface area contributed by atoms with Gasteiger partial charge in [0.05, 0.1) is 23.5 Å². The van der Waals surface area contributed by atoms with Crippen LogP contribution in [0.3, 0.4) is 0 Å². The van der Waals surface area contributed by atoms with Gasteiger partial charge in [0, 0.05) is 5.56 Å². The molecule has 0 spiro atoms. The SMILES string of the molecule is CCOC(=O)COc1c(I)cc(C=NNC(=O)C(NC(=O)c2ccc(F)cc2)C(C)C)cc1OC. The number of amides is 2. The maximum Gasteiger partial charge on any atom is 0.344 e. The Balaban J connectivity index is 2.06. The normalized spacial score (nSPS) is 11.7. The van der Waals surface area contributed by atoms with Gasteiger partial charge in [-0.25, -0.2) is 14.6 Å². The van der Waals surface area contributed by atoms with Crippen molar-refractivity contribution >= 4 is 46.6 Å². The standard InChI is InChI=1S/C24H27FIN3O6/c1-5-34-20(30)13-35-22-18(26)10-15(11-19(22)33-4)12-27-29-24(32)21(14(2)3)28-23(31)16-6-8-17(25)9-7-16/h6-12,14,21H,5,13H2,1-4H3,(H,28,31)(H,29,32). The molecule has 0 aromatic heterocycles. The van der Waals surface area contributed by atoms with Crippen LogP contribution < -0.4 is 20.2 Å². The molecule has 188 valence electrons. The Labute approximate surface area is 216 Å². The maximum absolute atomic E-state index is 13.1. The van der Waals surface area contributed by atoms with E-state index in [-0.39, 0.29) is 24.7 Å². The Hall–Kier alpha value is -3.22. The van der Waals surface area contributed by atoms with Crippen molar-refractivity contribution in [2.24, 2.45) is 11.0 Å². The van der Waals surface area contributed by atoms with E-state index in [1.165, 1.54) is 37.6 Å². The minimum atomic E-state index is -0.863. The molecule has 0 bridgehead atoms. The van der Waals surface area contributed by atoms with Gasteiger partial charge in [-0.05, 0) is 77.4 Å². The lowest BCUT2D eigenvalue weighted by Crippen LogP contribution is -2.48. The number of nitrogens with zero attached hydrogens (tertiary/aromatic N) is 1. The van der Waals surface area contributed by atoms with E-state index >= 15 is 0 Å². The highest BCUT2D eigenvalue weighted by molar-refractivity contribution is 14.1. The van der Waals surface area contributed by atoms with E-state index in [2.05, 4.69) is 15.8 Å². The topological polar surface area (TPSA) is 115 Å². The van der Waals surface area contributed by atoms with Crippen LogP contribution in [-0.4, -0.2) is 50.4 Å². The molecule has 2 aromatic rings. The van der Waals surface area contributed by atoms with Gasteiger partial charge in [-0.2, -0.15) is 5.10 Å². The summed E-state index contributed by atoms with van der Waals surface area (Å²) in [7, 11) is 1.46. The Bertz CT molecular complexity index is 1080. The summed E-state index contributed by atoms with van der Waals surface area (Å²) in [6, 6.07) is 7.53. The zero-order chi connectivity index (χ0) is 26.0. The monoisotopic (exact) mass is 599 g/mol. The van der Waals surface area contributed by atoms with E-state index in [9.17, 15) is 18.8 Å². The molecule has 9 nitrogen and oxygen atoms in total. The molecule has 1 atom stereocenters. The van der Waals surface area contributed by atoms with Gasteiger partial charge in [0.25, 0.3) is 11.8 Å². The van der Waals surface area contributed by atoms with Gasteiger partial charge in [-0.3, -0.25) is 9.59 Å². The number of carbonyl (C=O) groups excluding carboxylic acids is 3. The maximum atomic E-state index is 13.1. The third-order valence-corrected chi connectivity index (χ3v) is 5.42. The van der Waals surface area contributed by atoms with Crippen molar-refractivity contribution in [3.63, 3.8) is 0 Å². The summed E-state index contributed by atoms with van der Waals surface area (Å²) < 4.78 is 29.5. The minimum Gasteiger partial charge on any atom is -0.493 e. The molecule has 0 fully saturated rings. The molecule has 0 aliphatic rings. The lowest BCUT2D eigenvalue weighted by atomic mass is 10.0. The Morgan fingerprint density at radius 3 is 2.46 bits per heavy atom. The van der Waals surface area contributed by atoms with Gasteiger partial charge in [-0.15, -0.1) is 0 Å². The molecular weight excluding hydrogens is 572 g/mol. The van der Waals surface area contributed by atoms with Crippen LogP contribution >= 0.6 is 22.6 Å². The van der Waals surface area contributed by atoms with Crippen LogP contribution in [0.25, 0.3) is 0 Å². The molecule has 0 aliphatic heterocycles. The fourth-order valence-electron chi connectivity index (χ4n) is 2.89. The number of nitrogens with one attached hydrogen (secondary N) is 2. The molecule has 0 aliphatic carbocycles. The highest BCUT2D eigenvalue weighted by Gasteiger charge is 2.24. The molecule has 0 radical (unpaired) electrons. The van der Waals surface area contributed by atoms with Gasteiger partial charge >= 0.3 is 5.97 Å². The van der Waals surface area contributed by atoms with Crippen LogP contribution in [0.15, 0.2) is 41.5 Å². The van der Waals surface area contributed by atoms with Gasteiger partial charge in [0.2, 0.25) is 0 Å². The first-order valence-corrected chi connectivity index (χ1v) is 11.8. The number of ether oxygens (including phenoxy) is 3. The summed E-state index contributed by atoms with van der Waals surface area (Å²) in [6.45, 7) is 5.26. The summed E-state index contributed by atoms with van der Waals surface area (Å²) in [5.74, 6) is -1.44. The second-order valence-corrected chi connectivity index (χ2v) is 8.73. The number of hydrogen-bond acceptors (Lipinski definition) is 7. The summed E-state index contributed by atoms with van der Waals surface area (Å²) >= 11 is 2.03. The summed E-state index contributed by atoms with van der Waals surface area (Å²) in [4.78, 5) is 36.7. The average Bonchev–Trinajstić information content (AvgIpc) is 2.81. The first-order valence-electron chi connectivity index (χ1n) is 10.7. The zero-order valence-corrected chi connectivity index (χ0v) is 21.9. The number of methoxy groups -OCH3 is 1. The van der Waals surface area contributed by atoms with E-state index in [1.807, 2.05) is 22.6 Å². The number of hydrazone groups is 1. The predicted octanol–water partition coefficient (Wildman–Crippen LogP) is 3.29. The number of esters is 1. The van der Waals surface area contributed by atoms with Gasteiger partial charge in [-0.1, -0.05) is 13.8 Å². The van der Waals surface area contributed by atoms with Crippen LogP contribution in [-0.2, 0) is 14.3 Å². The van der Waals surface area contributed by atoms with Gasteiger partial charge in [0.1, 0.15) is 11.9 Å². The van der Waals surface area contributed by atoms with E-state index in [0.717, 1.165) is 0 Å². The number of carbonyl (C=O) groups is 3. The number of hydrogen-bond donors (Lipinski definition) is 2. The largest absolute Gasteiger partial charge is 0.493 e. The fourth-order valence-corrected chi connectivity index (χ4v) is 3.67. The second-order valence-electron chi connectivity index (χ2n) is 7.56. The predicted molar refractivity (Wildman–Crippen MR) is 136 cm³/mol. The van der Waals surface area contributed by atoms with Crippen molar-refractivity contribution < 1.29 is 33.0 Å². The molecule has 2 rings (SSSR count). The lowest BCUT2D eigenvalue weighted by molar-refractivity contribution is -0.145. The summed E-state index contributed by atoms with van der Waals surface area (Å²) in [6.07, 6.45) is 1.41.